The van der Waals surface area contributed by atoms with E-state index in [9.17, 15) is 14.5 Å². The van der Waals surface area contributed by atoms with Gasteiger partial charge in [0.05, 0.1) is 16.7 Å². The summed E-state index contributed by atoms with van der Waals surface area (Å²) in [6, 6.07) is 3.80. The van der Waals surface area contributed by atoms with E-state index in [1.165, 1.54) is 12.1 Å². The SMILES string of the molecule is CCC(C)CC(C)Nc1ccc([N+](=O)[O-])cc1F. The summed E-state index contributed by atoms with van der Waals surface area (Å²) in [4.78, 5) is 9.89. The topological polar surface area (TPSA) is 55.2 Å². The Bertz CT molecular complexity index is 423. The van der Waals surface area contributed by atoms with Gasteiger partial charge in [0.1, 0.15) is 0 Å². The summed E-state index contributed by atoms with van der Waals surface area (Å²) in [5.41, 5.74) is 0.0871. The lowest BCUT2D eigenvalue weighted by atomic mass is 10.0. The summed E-state index contributed by atoms with van der Waals surface area (Å²) in [7, 11) is 0. The number of hydrogen-bond donors (Lipinski definition) is 1. The molecule has 0 aromatic heterocycles. The summed E-state index contributed by atoms with van der Waals surface area (Å²) >= 11 is 0. The first kappa shape index (κ1) is 14.4. The van der Waals surface area contributed by atoms with Crippen LogP contribution in [0.5, 0.6) is 0 Å². The summed E-state index contributed by atoms with van der Waals surface area (Å²) in [5.74, 6) is -0.0196. The van der Waals surface area contributed by atoms with Gasteiger partial charge in [-0.25, -0.2) is 4.39 Å². The van der Waals surface area contributed by atoms with Crippen molar-refractivity contribution < 1.29 is 9.31 Å². The molecule has 2 unspecified atom stereocenters. The average molecular weight is 254 g/mol. The summed E-state index contributed by atoms with van der Waals surface area (Å²) in [6.07, 6.45) is 2.02. The predicted molar refractivity (Wildman–Crippen MR) is 70.2 cm³/mol. The molecule has 5 heteroatoms. The van der Waals surface area contributed by atoms with Gasteiger partial charge in [-0.1, -0.05) is 20.3 Å². The van der Waals surface area contributed by atoms with Crippen LogP contribution in [0.2, 0.25) is 0 Å². The van der Waals surface area contributed by atoms with Gasteiger partial charge >= 0.3 is 0 Å². The van der Waals surface area contributed by atoms with Crippen LogP contribution >= 0.6 is 0 Å². The molecule has 0 spiro atoms. The molecule has 0 aliphatic rings. The number of hydrogen-bond acceptors (Lipinski definition) is 3. The molecule has 0 radical (unpaired) electrons. The Labute approximate surface area is 106 Å². The van der Waals surface area contributed by atoms with E-state index in [0.29, 0.717) is 11.6 Å². The summed E-state index contributed by atoms with van der Waals surface area (Å²) in [5, 5.41) is 13.5. The lowest BCUT2D eigenvalue weighted by Crippen LogP contribution is -2.19. The number of nitro groups is 1. The number of nitrogens with zero attached hydrogens (tertiary/aromatic N) is 1. The van der Waals surface area contributed by atoms with Crippen molar-refractivity contribution in [2.45, 2.75) is 39.7 Å². The first-order valence-electron chi connectivity index (χ1n) is 6.14. The van der Waals surface area contributed by atoms with E-state index >= 15 is 0 Å². The van der Waals surface area contributed by atoms with Crippen LogP contribution in [-0.2, 0) is 0 Å². The number of halogens is 1. The summed E-state index contributed by atoms with van der Waals surface area (Å²) < 4.78 is 13.6. The third-order valence-corrected chi connectivity index (χ3v) is 3.02. The third kappa shape index (κ3) is 3.98. The van der Waals surface area contributed by atoms with Crippen molar-refractivity contribution in [2.24, 2.45) is 5.92 Å². The standard InChI is InChI=1S/C13H19FN2O2/c1-4-9(2)7-10(3)15-13-6-5-11(16(17)18)8-12(13)14/h5-6,8-10,15H,4,7H2,1-3H3. The van der Waals surface area contributed by atoms with Crippen LogP contribution < -0.4 is 5.32 Å². The molecule has 0 saturated heterocycles. The van der Waals surface area contributed by atoms with Crippen LogP contribution in [0.4, 0.5) is 15.8 Å². The molecule has 1 N–H and O–H groups in total. The Hall–Kier alpha value is -1.65. The van der Waals surface area contributed by atoms with E-state index in [1.54, 1.807) is 0 Å². The van der Waals surface area contributed by atoms with Crippen molar-refractivity contribution in [1.82, 2.24) is 0 Å². The van der Waals surface area contributed by atoms with Crippen molar-refractivity contribution in [3.05, 3.63) is 34.1 Å². The average Bonchev–Trinajstić information content (AvgIpc) is 2.31. The fraction of sp³-hybridized carbons (Fsp3) is 0.538. The van der Waals surface area contributed by atoms with Gasteiger partial charge in [-0.3, -0.25) is 10.1 Å². The number of nitrogens with one attached hydrogen (secondary N) is 1. The molecule has 0 heterocycles. The zero-order chi connectivity index (χ0) is 13.7. The van der Waals surface area contributed by atoms with Crippen LogP contribution in [0.3, 0.4) is 0 Å². The molecule has 4 nitrogen and oxygen atoms in total. The second-order valence-electron chi connectivity index (χ2n) is 4.72. The molecule has 0 fully saturated rings. The molecule has 2 atom stereocenters. The van der Waals surface area contributed by atoms with Gasteiger partial charge < -0.3 is 5.32 Å². The van der Waals surface area contributed by atoms with Gasteiger partial charge in [0.2, 0.25) is 0 Å². The second-order valence-corrected chi connectivity index (χ2v) is 4.72. The predicted octanol–water partition coefficient (Wildman–Crippen LogP) is 3.97. The van der Waals surface area contributed by atoms with E-state index in [2.05, 4.69) is 19.2 Å². The monoisotopic (exact) mass is 254 g/mol. The van der Waals surface area contributed by atoms with Crippen molar-refractivity contribution in [2.75, 3.05) is 5.32 Å². The fourth-order valence-electron chi connectivity index (χ4n) is 1.83. The lowest BCUT2D eigenvalue weighted by molar-refractivity contribution is -0.385. The summed E-state index contributed by atoms with van der Waals surface area (Å²) in [6.45, 7) is 6.24. The van der Waals surface area contributed by atoms with Crippen molar-refractivity contribution in [3.8, 4) is 0 Å². The molecule has 0 bridgehead atoms. The minimum absolute atomic E-state index is 0.135. The van der Waals surface area contributed by atoms with Gasteiger partial charge in [0.15, 0.2) is 5.82 Å². The first-order chi connectivity index (χ1) is 8.43. The second kappa shape index (κ2) is 6.33. The molecule has 0 aliphatic carbocycles. The highest BCUT2D eigenvalue weighted by Crippen LogP contribution is 2.22. The Balaban J connectivity index is 2.70. The Morgan fingerprint density at radius 1 is 1.44 bits per heavy atom. The van der Waals surface area contributed by atoms with E-state index in [-0.39, 0.29) is 11.7 Å². The van der Waals surface area contributed by atoms with Crippen LogP contribution in [0.25, 0.3) is 0 Å². The molecule has 0 aliphatic heterocycles. The zero-order valence-corrected chi connectivity index (χ0v) is 10.9. The minimum atomic E-state index is -0.602. The first-order valence-corrected chi connectivity index (χ1v) is 6.14. The minimum Gasteiger partial charge on any atom is -0.380 e. The highest BCUT2D eigenvalue weighted by Gasteiger charge is 2.13. The van der Waals surface area contributed by atoms with Crippen molar-refractivity contribution in [1.29, 1.82) is 0 Å². The van der Waals surface area contributed by atoms with E-state index in [0.717, 1.165) is 18.9 Å². The lowest BCUT2D eigenvalue weighted by Gasteiger charge is -2.18. The van der Waals surface area contributed by atoms with Crippen LogP contribution in [0, 0.1) is 21.8 Å². The highest BCUT2D eigenvalue weighted by molar-refractivity contribution is 5.50. The van der Waals surface area contributed by atoms with Crippen molar-refractivity contribution in [3.63, 3.8) is 0 Å². The molecule has 100 valence electrons. The van der Waals surface area contributed by atoms with E-state index in [1.807, 2.05) is 6.92 Å². The van der Waals surface area contributed by atoms with Gasteiger partial charge in [0.25, 0.3) is 5.69 Å². The number of non-ortho nitro benzene ring substituents is 1. The normalized spacial score (nSPS) is 14.0. The quantitative estimate of drug-likeness (QED) is 0.617. The van der Waals surface area contributed by atoms with Crippen molar-refractivity contribution >= 4 is 11.4 Å². The Morgan fingerprint density at radius 3 is 2.61 bits per heavy atom. The molecular weight excluding hydrogens is 235 g/mol. The highest BCUT2D eigenvalue weighted by atomic mass is 19.1. The largest absolute Gasteiger partial charge is 0.380 e. The maximum atomic E-state index is 13.6. The molecule has 0 saturated carbocycles. The van der Waals surface area contributed by atoms with Crippen LogP contribution in [-0.4, -0.2) is 11.0 Å². The molecule has 18 heavy (non-hydrogen) atoms. The Kier molecular flexibility index (Phi) is 5.07. The molecule has 1 rings (SSSR count). The zero-order valence-electron chi connectivity index (χ0n) is 10.9. The number of benzene rings is 1. The van der Waals surface area contributed by atoms with Gasteiger partial charge in [0, 0.05) is 12.1 Å². The number of anilines is 1. The fourth-order valence-corrected chi connectivity index (χ4v) is 1.83. The number of rotatable bonds is 6. The van der Waals surface area contributed by atoms with Gasteiger partial charge in [-0.2, -0.15) is 0 Å². The smallest absolute Gasteiger partial charge is 0.272 e. The molecular formula is C13H19FN2O2. The van der Waals surface area contributed by atoms with Crippen LogP contribution in [0.15, 0.2) is 18.2 Å². The van der Waals surface area contributed by atoms with E-state index < -0.39 is 10.7 Å². The molecule has 1 aromatic rings. The maximum Gasteiger partial charge on any atom is 0.272 e. The Morgan fingerprint density at radius 2 is 2.11 bits per heavy atom. The number of nitro benzene ring substituents is 1. The molecule has 0 amide bonds. The molecule has 1 aromatic carbocycles. The van der Waals surface area contributed by atoms with E-state index in [4.69, 9.17) is 0 Å². The van der Waals surface area contributed by atoms with Gasteiger partial charge in [-0.15, -0.1) is 0 Å². The maximum absolute atomic E-state index is 13.6. The third-order valence-electron chi connectivity index (χ3n) is 3.02. The van der Waals surface area contributed by atoms with Gasteiger partial charge in [-0.05, 0) is 25.3 Å². The van der Waals surface area contributed by atoms with Crippen LogP contribution in [0.1, 0.15) is 33.6 Å².